The molecule has 0 atom stereocenters. The lowest BCUT2D eigenvalue weighted by atomic mass is 10.1. The number of hydrogen-bond donors (Lipinski definition) is 2. The molecular weight excluding hydrogens is 493 g/mol. The van der Waals surface area contributed by atoms with Crippen molar-refractivity contribution in [2.75, 3.05) is 26.3 Å². The van der Waals surface area contributed by atoms with Gasteiger partial charge in [-0.25, -0.2) is 0 Å². The molecule has 0 aliphatic carbocycles. The van der Waals surface area contributed by atoms with E-state index in [-0.39, 0.29) is 13.1 Å². The van der Waals surface area contributed by atoms with E-state index >= 15 is 0 Å². The molecule has 1 rings (SSSR count). The number of ether oxygens (including phenoxy) is 2. The summed E-state index contributed by atoms with van der Waals surface area (Å²) in [6.45, 7) is -3.89. The first-order chi connectivity index (χ1) is 13.6. The molecule has 30 heavy (non-hydrogen) atoms. The van der Waals surface area contributed by atoms with E-state index in [1.54, 1.807) is 0 Å². The Morgan fingerprint density at radius 2 is 1.40 bits per heavy atom. The standard InChI is InChI=1S/C15H13Cl3F6N2O4/c16-15(17,18)12(28)26-4-3-25-11(27)9-5-8(29-6-13(19,20)21)1-2-10(9)30-7-14(22,23)24/h1-2,5H,3-4,6-7H2,(H,25,27)(H,26,28). The number of carbonyl (C=O) groups is 2. The molecule has 0 spiro atoms. The molecule has 0 fully saturated rings. The van der Waals surface area contributed by atoms with Gasteiger partial charge in [0.2, 0.25) is 0 Å². The average molecular weight is 506 g/mol. The number of hydrogen-bond acceptors (Lipinski definition) is 4. The maximum atomic E-state index is 12.4. The van der Waals surface area contributed by atoms with E-state index in [4.69, 9.17) is 34.8 Å². The predicted octanol–water partition coefficient (Wildman–Crippen LogP) is 3.79. The van der Waals surface area contributed by atoms with Gasteiger partial charge >= 0.3 is 12.4 Å². The number of rotatable bonds is 8. The van der Waals surface area contributed by atoms with E-state index in [0.717, 1.165) is 18.2 Å². The third-order valence-corrected chi connectivity index (χ3v) is 3.46. The van der Waals surface area contributed by atoms with Gasteiger partial charge in [-0.15, -0.1) is 0 Å². The van der Waals surface area contributed by atoms with E-state index in [0.29, 0.717) is 0 Å². The number of halogens is 9. The van der Waals surface area contributed by atoms with E-state index in [9.17, 15) is 35.9 Å². The highest BCUT2D eigenvalue weighted by atomic mass is 35.6. The first kappa shape index (κ1) is 26.2. The first-order valence-corrected chi connectivity index (χ1v) is 8.88. The molecule has 0 saturated heterocycles. The monoisotopic (exact) mass is 504 g/mol. The Balaban J connectivity index is 2.86. The van der Waals surface area contributed by atoms with Gasteiger partial charge in [-0.2, -0.15) is 26.3 Å². The zero-order chi connectivity index (χ0) is 23.2. The van der Waals surface area contributed by atoms with Crippen molar-refractivity contribution in [2.45, 2.75) is 16.1 Å². The molecule has 0 heterocycles. The maximum absolute atomic E-state index is 12.4. The van der Waals surface area contributed by atoms with Crippen LogP contribution >= 0.6 is 34.8 Å². The fourth-order valence-corrected chi connectivity index (χ4v) is 1.97. The van der Waals surface area contributed by atoms with Crippen LogP contribution in [0.4, 0.5) is 26.3 Å². The summed E-state index contributed by atoms with van der Waals surface area (Å²) in [5, 5.41) is 4.38. The van der Waals surface area contributed by atoms with Crippen LogP contribution in [0.25, 0.3) is 0 Å². The smallest absolute Gasteiger partial charge is 0.422 e. The highest BCUT2D eigenvalue weighted by Crippen LogP contribution is 2.28. The molecule has 0 aromatic heterocycles. The van der Waals surface area contributed by atoms with Crippen molar-refractivity contribution in [3.63, 3.8) is 0 Å². The third kappa shape index (κ3) is 10.3. The summed E-state index contributed by atoms with van der Waals surface area (Å²) in [6, 6.07) is 2.55. The second-order valence-electron chi connectivity index (χ2n) is 5.48. The topological polar surface area (TPSA) is 76.7 Å². The van der Waals surface area contributed by atoms with Crippen LogP contribution in [-0.2, 0) is 4.79 Å². The summed E-state index contributed by atoms with van der Waals surface area (Å²) in [6.07, 6.45) is -9.39. The summed E-state index contributed by atoms with van der Waals surface area (Å²) in [7, 11) is 0. The van der Waals surface area contributed by atoms with Gasteiger partial charge in [-0.05, 0) is 18.2 Å². The molecule has 2 amide bonds. The maximum Gasteiger partial charge on any atom is 0.422 e. The van der Waals surface area contributed by atoms with Crippen LogP contribution in [0.3, 0.4) is 0 Å². The van der Waals surface area contributed by atoms with Crippen LogP contribution in [0.5, 0.6) is 11.5 Å². The molecular formula is C15H13Cl3F6N2O4. The van der Waals surface area contributed by atoms with Gasteiger partial charge in [-0.1, -0.05) is 34.8 Å². The quantitative estimate of drug-likeness (QED) is 0.320. The normalized spacial score (nSPS) is 12.3. The van der Waals surface area contributed by atoms with Crippen LogP contribution in [0.15, 0.2) is 18.2 Å². The van der Waals surface area contributed by atoms with Crippen molar-refractivity contribution in [3.8, 4) is 11.5 Å². The largest absolute Gasteiger partial charge is 0.484 e. The van der Waals surface area contributed by atoms with Gasteiger partial charge < -0.3 is 20.1 Å². The Morgan fingerprint density at radius 1 is 0.867 bits per heavy atom. The summed E-state index contributed by atoms with van der Waals surface area (Å²) < 4.78 is 80.7. The molecule has 0 aliphatic heterocycles. The molecule has 0 aliphatic rings. The second kappa shape index (κ2) is 10.5. The molecule has 1 aromatic rings. The van der Waals surface area contributed by atoms with Crippen molar-refractivity contribution in [1.29, 1.82) is 0 Å². The number of amides is 2. The zero-order valence-electron chi connectivity index (χ0n) is 14.6. The summed E-state index contributed by atoms with van der Waals surface area (Å²) in [4.78, 5) is 23.6. The predicted molar refractivity (Wildman–Crippen MR) is 95.2 cm³/mol. The lowest BCUT2D eigenvalue weighted by Gasteiger charge is -2.16. The Morgan fingerprint density at radius 3 is 1.93 bits per heavy atom. The summed E-state index contributed by atoms with van der Waals surface area (Å²) in [5.74, 6) is -2.97. The van der Waals surface area contributed by atoms with Gasteiger partial charge in [0.25, 0.3) is 15.6 Å². The van der Waals surface area contributed by atoms with Gasteiger partial charge in [-0.3, -0.25) is 9.59 Å². The Bertz CT molecular complexity index is 753. The van der Waals surface area contributed by atoms with E-state index in [2.05, 4.69) is 20.1 Å². The summed E-state index contributed by atoms with van der Waals surface area (Å²) >= 11 is 16.0. The third-order valence-electron chi connectivity index (χ3n) is 2.94. The van der Waals surface area contributed by atoms with Crippen LogP contribution in [-0.4, -0.2) is 54.3 Å². The van der Waals surface area contributed by atoms with Crippen molar-refractivity contribution < 1.29 is 45.4 Å². The molecule has 170 valence electrons. The zero-order valence-corrected chi connectivity index (χ0v) is 16.9. The van der Waals surface area contributed by atoms with Gasteiger partial charge in [0, 0.05) is 13.1 Å². The molecule has 15 heteroatoms. The molecule has 6 nitrogen and oxygen atoms in total. The van der Waals surface area contributed by atoms with Crippen LogP contribution in [0.1, 0.15) is 10.4 Å². The highest BCUT2D eigenvalue weighted by molar-refractivity contribution is 6.76. The minimum atomic E-state index is -4.72. The van der Waals surface area contributed by atoms with Crippen molar-refractivity contribution >= 4 is 46.6 Å². The second-order valence-corrected chi connectivity index (χ2v) is 7.76. The van der Waals surface area contributed by atoms with E-state index in [1.807, 2.05) is 0 Å². The average Bonchev–Trinajstić information content (AvgIpc) is 2.59. The SMILES string of the molecule is O=C(NCCNC(=O)C(Cl)(Cl)Cl)c1cc(OCC(F)(F)F)ccc1OCC(F)(F)F. The van der Waals surface area contributed by atoms with Crippen LogP contribution in [0, 0.1) is 0 Å². The lowest BCUT2D eigenvalue weighted by molar-refractivity contribution is -0.154. The lowest BCUT2D eigenvalue weighted by Crippen LogP contribution is -2.39. The molecule has 2 N–H and O–H groups in total. The Labute approximate surface area is 180 Å². The van der Waals surface area contributed by atoms with Gasteiger partial charge in [0.05, 0.1) is 5.56 Å². The molecule has 0 unspecified atom stereocenters. The van der Waals surface area contributed by atoms with Gasteiger partial charge in [0.1, 0.15) is 11.5 Å². The fourth-order valence-electron chi connectivity index (χ4n) is 1.77. The molecule has 0 radical (unpaired) electrons. The van der Waals surface area contributed by atoms with Crippen molar-refractivity contribution in [1.82, 2.24) is 10.6 Å². The molecule has 1 aromatic carbocycles. The Hall–Kier alpha value is -1.79. The van der Waals surface area contributed by atoms with Crippen molar-refractivity contribution in [2.24, 2.45) is 0 Å². The highest BCUT2D eigenvalue weighted by Gasteiger charge is 2.31. The summed E-state index contributed by atoms with van der Waals surface area (Å²) in [5.41, 5.74) is -0.522. The number of benzene rings is 1. The Kier molecular flexibility index (Phi) is 9.18. The van der Waals surface area contributed by atoms with Gasteiger partial charge in [0.15, 0.2) is 13.2 Å². The van der Waals surface area contributed by atoms with Crippen LogP contribution in [0.2, 0.25) is 0 Å². The number of alkyl halides is 9. The minimum Gasteiger partial charge on any atom is -0.484 e. The number of carbonyl (C=O) groups excluding carboxylic acids is 2. The van der Waals surface area contributed by atoms with Crippen molar-refractivity contribution in [3.05, 3.63) is 23.8 Å². The van der Waals surface area contributed by atoms with Crippen LogP contribution < -0.4 is 20.1 Å². The minimum absolute atomic E-state index is 0.221. The van der Waals surface area contributed by atoms with E-state index in [1.165, 1.54) is 0 Å². The number of nitrogens with one attached hydrogen (secondary N) is 2. The fraction of sp³-hybridized carbons (Fsp3) is 0.467. The molecule has 0 saturated carbocycles. The molecule has 0 bridgehead atoms. The first-order valence-electron chi connectivity index (χ1n) is 7.75. The van der Waals surface area contributed by atoms with E-state index < -0.39 is 58.2 Å².